The van der Waals surface area contributed by atoms with Gasteiger partial charge in [-0.2, -0.15) is 0 Å². The number of hydrogen-bond acceptors (Lipinski definition) is 2. The predicted octanol–water partition coefficient (Wildman–Crippen LogP) is 3.44. The standard InChI is InChI=1S/C15H13BrF2N2O/c1-20(7-5-11-4-2-3-6-19-11)15(21)14-12(17)8-10(16)9-13(14)18/h2-4,6,8-9H,5,7H2,1H3. The summed E-state index contributed by atoms with van der Waals surface area (Å²) in [4.78, 5) is 17.5. The molecule has 2 rings (SSSR count). The molecule has 0 aliphatic rings. The fraction of sp³-hybridized carbons (Fsp3) is 0.200. The Balaban J connectivity index is 2.09. The number of carbonyl (C=O) groups excluding carboxylic acids is 1. The van der Waals surface area contributed by atoms with E-state index in [1.807, 2.05) is 12.1 Å². The fourth-order valence-corrected chi connectivity index (χ4v) is 2.27. The molecule has 0 aliphatic heterocycles. The van der Waals surface area contributed by atoms with E-state index in [0.29, 0.717) is 13.0 Å². The van der Waals surface area contributed by atoms with E-state index in [2.05, 4.69) is 20.9 Å². The Kier molecular flexibility index (Phi) is 5.01. The Morgan fingerprint density at radius 3 is 2.52 bits per heavy atom. The summed E-state index contributed by atoms with van der Waals surface area (Å²) in [5.74, 6) is -2.44. The summed E-state index contributed by atoms with van der Waals surface area (Å²) in [5.41, 5.74) is 0.274. The van der Waals surface area contributed by atoms with Crippen molar-refractivity contribution < 1.29 is 13.6 Å². The van der Waals surface area contributed by atoms with Crippen LogP contribution in [0.15, 0.2) is 41.0 Å². The molecule has 0 fully saturated rings. The first-order chi connectivity index (χ1) is 9.99. The van der Waals surface area contributed by atoms with Gasteiger partial charge in [-0.3, -0.25) is 9.78 Å². The largest absolute Gasteiger partial charge is 0.341 e. The molecule has 0 spiro atoms. The van der Waals surface area contributed by atoms with Crippen LogP contribution in [0.2, 0.25) is 0 Å². The molecule has 0 unspecified atom stereocenters. The van der Waals surface area contributed by atoms with Crippen molar-refractivity contribution in [2.75, 3.05) is 13.6 Å². The highest BCUT2D eigenvalue weighted by atomic mass is 79.9. The molecule has 0 bridgehead atoms. The summed E-state index contributed by atoms with van der Waals surface area (Å²) in [7, 11) is 1.51. The van der Waals surface area contributed by atoms with Crippen molar-refractivity contribution >= 4 is 21.8 Å². The molecule has 21 heavy (non-hydrogen) atoms. The summed E-state index contributed by atoms with van der Waals surface area (Å²) in [6.45, 7) is 0.324. The number of rotatable bonds is 4. The summed E-state index contributed by atoms with van der Waals surface area (Å²) in [6.07, 6.45) is 2.17. The number of likely N-dealkylation sites (N-methyl/N-ethyl adjacent to an activating group) is 1. The Morgan fingerprint density at radius 2 is 1.95 bits per heavy atom. The number of amides is 1. The van der Waals surface area contributed by atoms with Crippen molar-refractivity contribution in [2.24, 2.45) is 0 Å². The average Bonchev–Trinajstić information content (AvgIpc) is 2.44. The maximum atomic E-state index is 13.8. The lowest BCUT2D eigenvalue weighted by atomic mass is 10.1. The summed E-state index contributed by atoms with van der Waals surface area (Å²) in [6, 6.07) is 7.62. The minimum atomic E-state index is -0.878. The van der Waals surface area contributed by atoms with Crippen molar-refractivity contribution in [3.63, 3.8) is 0 Å². The topological polar surface area (TPSA) is 33.2 Å². The zero-order valence-electron chi connectivity index (χ0n) is 11.3. The Hall–Kier alpha value is -1.82. The summed E-state index contributed by atoms with van der Waals surface area (Å²) in [5, 5.41) is 0. The molecule has 110 valence electrons. The third kappa shape index (κ3) is 3.85. The second kappa shape index (κ2) is 6.76. The van der Waals surface area contributed by atoms with Gasteiger partial charge < -0.3 is 4.90 Å². The van der Waals surface area contributed by atoms with E-state index in [1.165, 1.54) is 11.9 Å². The molecule has 1 amide bonds. The maximum absolute atomic E-state index is 13.8. The molecule has 1 heterocycles. The van der Waals surface area contributed by atoms with Gasteiger partial charge in [0.15, 0.2) is 0 Å². The van der Waals surface area contributed by atoms with Crippen LogP contribution in [0.1, 0.15) is 16.1 Å². The van der Waals surface area contributed by atoms with E-state index in [4.69, 9.17) is 0 Å². The van der Waals surface area contributed by atoms with E-state index in [-0.39, 0.29) is 4.47 Å². The highest BCUT2D eigenvalue weighted by Gasteiger charge is 2.21. The van der Waals surface area contributed by atoms with Gasteiger partial charge in [0.2, 0.25) is 0 Å². The van der Waals surface area contributed by atoms with Crippen LogP contribution in [0.25, 0.3) is 0 Å². The van der Waals surface area contributed by atoms with Crippen LogP contribution < -0.4 is 0 Å². The van der Waals surface area contributed by atoms with Gasteiger partial charge in [-0.15, -0.1) is 0 Å². The molecule has 3 nitrogen and oxygen atoms in total. The number of aromatic nitrogens is 1. The average molecular weight is 355 g/mol. The maximum Gasteiger partial charge on any atom is 0.259 e. The molecular formula is C15H13BrF2N2O. The second-order valence-electron chi connectivity index (χ2n) is 4.54. The monoisotopic (exact) mass is 354 g/mol. The van der Waals surface area contributed by atoms with Gasteiger partial charge in [0, 0.05) is 36.4 Å². The molecule has 0 N–H and O–H groups in total. The lowest BCUT2D eigenvalue weighted by molar-refractivity contribution is 0.0786. The van der Waals surface area contributed by atoms with E-state index in [9.17, 15) is 13.6 Å². The summed E-state index contributed by atoms with van der Waals surface area (Å²) >= 11 is 2.98. The van der Waals surface area contributed by atoms with Gasteiger partial charge in [0.1, 0.15) is 17.2 Å². The van der Waals surface area contributed by atoms with Crippen LogP contribution in [-0.2, 0) is 6.42 Å². The normalized spacial score (nSPS) is 10.5. The number of benzene rings is 1. The van der Waals surface area contributed by atoms with Gasteiger partial charge in [-0.25, -0.2) is 8.78 Å². The first-order valence-electron chi connectivity index (χ1n) is 6.29. The van der Waals surface area contributed by atoms with Crippen LogP contribution in [0.3, 0.4) is 0 Å². The fourth-order valence-electron chi connectivity index (χ4n) is 1.87. The third-order valence-corrected chi connectivity index (χ3v) is 3.45. The SMILES string of the molecule is CN(CCc1ccccn1)C(=O)c1c(F)cc(Br)cc1F. The lowest BCUT2D eigenvalue weighted by Gasteiger charge is -2.17. The second-order valence-corrected chi connectivity index (χ2v) is 5.46. The summed E-state index contributed by atoms with van der Waals surface area (Å²) < 4.78 is 27.8. The van der Waals surface area contributed by atoms with Gasteiger partial charge in [0.05, 0.1) is 0 Å². The number of hydrogen-bond donors (Lipinski definition) is 0. The van der Waals surface area contributed by atoms with Crippen LogP contribution in [0, 0.1) is 11.6 Å². The third-order valence-electron chi connectivity index (χ3n) is 3.00. The molecule has 1 aromatic carbocycles. The molecule has 0 aliphatic carbocycles. The van der Waals surface area contributed by atoms with Crippen molar-refractivity contribution in [1.29, 1.82) is 0 Å². The Labute approximate surface area is 129 Å². The number of carbonyl (C=O) groups is 1. The predicted molar refractivity (Wildman–Crippen MR) is 79.0 cm³/mol. The van der Waals surface area contributed by atoms with Crippen molar-refractivity contribution in [2.45, 2.75) is 6.42 Å². The van der Waals surface area contributed by atoms with Gasteiger partial charge in [0.25, 0.3) is 5.91 Å². The molecule has 1 aromatic heterocycles. The molecule has 0 radical (unpaired) electrons. The molecular weight excluding hydrogens is 342 g/mol. The van der Waals surface area contributed by atoms with E-state index >= 15 is 0 Å². The van der Waals surface area contributed by atoms with Crippen LogP contribution in [0.4, 0.5) is 8.78 Å². The zero-order chi connectivity index (χ0) is 15.4. The zero-order valence-corrected chi connectivity index (χ0v) is 12.9. The number of pyridine rings is 1. The van der Waals surface area contributed by atoms with Crippen LogP contribution in [-0.4, -0.2) is 29.4 Å². The van der Waals surface area contributed by atoms with Gasteiger partial charge >= 0.3 is 0 Å². The minimum absolute atomic E-state index is 0.255. The van der Waals surface area contributed by atoms with E-state index < -0.39 is 23.1 Å². The molecule has 2 aromatic rings. The lowest BCUT2D eigenvalue weighted by Crippen LogP contribution is -2.30. The Bertz CT molecular complexity index is 626. The van der Waals surface area contributed by atoms with Crippen molar-refractivity contribution in [1.82, 2.24) is 9.88 Å². The number of halogens is 3. The first-order valence-corrected chi connectivity index (χ1v) is 7.08. The molecule has 0 saturated heterocycles. The van der Waals surface area contributed by atoms with E-state index in [1.54, 1.807) is 12.3 Å². The smallest absolute Gasteiger partial charge is 0.259 e. The Morgan fingerprint density at radius 1 is 1.29 bits per heavy atom. The van der Waals surface area contributed by atoms with Gasteiger partial charge in [-0.1, -0.05) is 22.0 Å². The quantitative estimate of drug-likeness (QED) is 0.842. The van der Waals surface area contributed by atoms with Crippen LogP contribution in [0.5, 0.6) is 0 Å². The first kappa shape index (κ1) is 15.6. The van der Waals surface area contributed by atoms with E-state index in [0.717, 1.165) is 17.8 Å². The number of nitrogens with zero attached hydrogens (tertiary/aromatic N) is 2. The van der Waals surface area contributed by atoms with Crippen molar-refractivity contribution in [3.8, 4) is 0 Å². The molecule has 0 atom stereocenters. The molecule has 0 saturated carbocycles. The minimum Gasteiger partial charge on any atom is -0.341 e. The highest BCUT2D eigenvalue weighted by molar-refractivity contribution is 9.10. The highest BCUT2D eigenvalue weighted by Crippen LogP contribution is 2.20. The van der Waals surface area contributed by atoms with Crippen molar-refractivity contribution in [3.05, 3.63) is 63.9 Å². The van der Waals surface area contributed by atoms with Crippen LogP contribution >= 0.6 is 15.9 Å². The van der Waals surface area contributed by atoms with Gasteiger partial charge in [-0.05, 0) is 24.3 Å². The molecule has 6 heteroatoms.